The molecule has 0 heterocycles. The van der Waals surface area contributed by atoms with Crippen molar-refractivity contribution in [3.63, 3.8) is 0 Å². The van der Waals surface area contributed by atoms with E-state index in [1.54, 1.807) is 0 Å². The van der Waals surface area contributed by atoms with Crippen LogP contribution in [0.3, 0.4) is 0 Å². The Bertz CT molecular complexity index is 1010. The van der Waals surface area contributed by atoms with Crippen LogP contribution in [-0.2, 0) is 0 Å². The van der Waals surface area contributed by atoms with Gasteiger partial charge in [0.05, 0.1) is 0 Å². The van der Waals surface area contributed by atoms with Crippen LogP contribution >= 0.6 is 0 Å². The van der Waals surface area contributed by atoms with Gasteiger partial charge in [-0.05, 0) is 73.5 Å². The predicted molar refractivity (Wildman–Crippen MR) is 105 cm³/mol. The van der Waals surface area contributed by atoms with Crippen LogP contribution in [0.4, 0.5) is 20.2 Å². The molecule has 0 spiro atoms. The van der Waals surface area contributed by atoms with E-state index in [1.807, 2.05) is 32.0 Å². The Kier molecular flexibility index (Phi) is 5.49. The zero-order chi connectivity index (χ0) is 20.3. The Labute approximate surface area is 161 Å². The molecule has 6 heteroatoms. The van der Waals surface area contributed by atoms with Gasteiger partial charge in [-0.2, -0.15) is 0 Å². The lowest BCUT2D eigenvalue weighted by Crippen LogP contribution is -2.15. The van der Waals surface area contributed by atoms with Gasteiger partial charge in [-0.15, -0.1) is 0 Å². The molecule has 0 saturated heterocycles. The quantitative estimate of drug-likeness (QED) is 0.663. The van der Waals surface area contributed by atoms with E-state index in [1.165, 1.54) is 30.3 Å². The highest BCUT2D eigenvalue weighted by Gasteiger charge is 2.14. The molecule has 142 valence electrons. The Balaban J connectivity index is 1.72. The number of aryl methyl sites for hydroxylation is 2. The van der Waals surface area contributed by atoms with Crippen LogP contribution in [0.2, 0.25) is 0 Å². The summed E-state index contributed by atoms with van der Waals surface area (Å²) in [5.74, 6) is -2.72. The number of halogens is 2. The first-order chi connectivity index (χ1) is 13.3. The lowest BCUT2D eigenvalue weighted by atomic mass is 10.1. The summed E-state index contributed by atoms with van der Waals surface area (Å²) >= 11 is 0. The third-order valence-electron chi connectivity index (χ3n) is 4.09. The molecule has 28 heavy (non-hydrogen) atoms. The van der Waals surface area contributed by atoms with Gasteiger partial charge in [0, 0.05) is 16.8 Å². The molecular weight excluding hydrogens is 362 g/mol. The van der Waals surface area contributed by atoms with Crippen LogP contribution in [-0.4, -0.2) is 11.8 Å². The molecule has 3 aromatic rings. The average molecular weight is 380 g/mol. The fourth-order valence-electron chi connectivity index (χ4n) is 2.83. The molecule has 3 rings (SSSR count). The molecular formula is C22H18F2N2O2. The molecule has 0 aliphatic rings. The number of benzene rings is 3. The number of amides is 2. The highest BCUT2D eigenvalue weighted by molar-refractivity contribution is 6.07. The van der Waals surface area contributed by atoms with Gasteiger partial charge in [-0.3, -0.25) is 9.59 Å². The molecule has 0 aromatic heterocycles. The standard InChI is InChI=1S/C22H18F2N2O2/c1-13-10-14(2)12-17(11-13)25-21(27)15-6-8-16(9-7-15)22(28)26-20-18(23)4-3-5-19(20)24/h3-12H,1-2H3,(H,25,27)(H,26,28). The highest BCUT2D eigenvalue weighted by atomic mass is 19.1. The lowest BCUT2D eigenvalue weighted by molar-refractivity contribution is 0.101. The monoisotopic (exact) mass is 380 g/mol. The molecule has 2 N–H and O–H groups in total. The molecule has 2 amide bonds. The Hall–Kier alpha value is -3.54. The number of hydrogen-bond donors (Lipinski definition) is 2. The minimum atomic E-state index is -0.863. The van der Waals surface area contributed by atoms with Crippen molar-refractivity contribution in [2.75, 3.05) is 10.6 Å². The van der Waals surface area contributed by atoms with E-state index in [0.717, 1.165) is 23.3 Å². The Morgan fingerprint density at radius 3 is 1.68 bits per heavy atom. The van der Waals surface area contributed by atoms with E-state index in [0.29, 0.717) is 11.3 Å². The summed E-state index contributed by atoms with van der Waals surface area (Å²) < 4.78 is 27.3. The van der Waals surface area contributed by atoms with Crippen LogP contribution in [0.25, 0.3) is 0 Å². The van der Waals surface area contributed by atoms with E-state index in [2.05, 4.69) is 10.6 Å². The van der Waals surface area contributed by atoms with Crippen LogP contribution in [0.1, 0.15) is 31.8 Å². The van der Waals surface area contributed by atoms with Crippen molar-refractivity contribution in [3.05, 3.63) is 94.6 Å². The molecule has 0 fully saturated rings. The number of carbonyl (C=O) groups excluding carboxylic acids is 2. The third-order valence-corrected chi connectivity index (χ3v) is 4.09. The highest BCUT2D eigenvalue weighted by Crippen LogP contribution is 2.19. The van der Waals surface area contributed by atoms with Gasteiger partial charge in [-0.1, -0.05) is 12.1 Å². The molecule has 0 radical (unpaired) electrons. The second kappa shape index (κ2) is 8.00. The smallest absolute Gasteiger partial charge is 0.255 e. The van der Waals surface area contributed by atoms with Gasteiger partial charge in [0.2, 0.25) is 0 Å². The maximum Gasteiger partial charge on any atom is 0.255 e. The summed E-state index contributed by atoms with van der Waals surface area (Å²) in [6.45, 7) is 3.88. The first-order valence-corrected chi connectivity index (χ1v) is 8.58. The topological polar surface area (TPSA) is 58.2 Å². The van der Waals surface area contributed by atoms with Crippen molar-refractivity contribution in [2.24, 2.45) is 0 Å². The van der Waals surface area contributed by atoms with Gasteiger partial charge in [0.1, 0.15) is 17.3 Å². The van der Waals surface area contributed by atoms with Gasteiger partial charge in [0.15, 0.2) is 0 Å². The number of para-hydroxylation sites is 1. The maximum atomic E-state index is 13.7. The SMILES string of the molecule is Cc1cc(C)cc(NC(=O)c2ccc(C(=O)Nc3c(F)cccc3F)cc2)c1. The molecule has 0 aliphatic heterocycles. The number of carbonyl (C=O) groups is 2. The molecule has 0 bridgehead atoms. The lowest BCUT2D eigenvalue weighted by Gasteiger charge is -2.09. The molecule has 0 aliphatic carbocycles. The molecule has 3 aromatic carbocycles. The van der Waals surface area contributed by atoms with Crippen molar-refractivity contribution < 1.29 is 18.4 Å². The van der Waals surface area contributed by atoms with Crippen molar-refractivity contribution in [1.29, 1.82) is 0 Å². The molecule has 0 saturated carbocycles. The zero-order valence-corrected chi connectivity index (χ0v) is 15.3. The fraction of sp³-hybridized carbons (Fsp3) is 0.0909. The van der Waals surface area contributed by atoms with E-state index in [-0.39, 0.29) is 11.5 Å². The second-order valence-electron chi connectivity index (χ2n) is 6.46. The third kappa shape index (κ3) is 4.40. The Morgan fingerprint density at radius 1 is 0.714 bits per heavy atom. The summed E-state index contributed by atoms with van der Waals surface area (Å²) in [7, 11) is 0. The number of rotatable bonds is 4. The minimum Gasteiger partial charge on any atom is -0.322 e. The Morgan fingerprint density at radius 2 is 1.18 bits per heavy atom. The number of hydrogen-bond acceptors (Lipinski definition) is 2. The molecule has 0 unspecified atom stereocenters. The van der Waals surface area contributed by atoms with E-state index < -0.39 is 23.2 Å². The van der Waals surface area contributed by atoms with Crippen molar-refractivity contribution >= 4 is 23.2 Å². The summed E-state index contributed by atoms with van der Waals surface area (Å²) in [5.41, 5.74) is 2.76. The summed E-state index contributed by atoms with van der Waals surface area (Å²) in [4.78, 5) is 24.6. The van der Waals surface area contributed by atoms with Gasteiger partial charge in [-0.25, -0.2) is 8.78 Å². The summed E-state index contributed by atoms with van der Waals surface area (Å²) in [5, 5.41) is 5.01. The van der Waals surface area contributed by atoms with Gasteiger partial charge in [0.25, 0.3) is 11.8 Å². The summed E-state index contributed by atoms with van der Waals surface area (Å²) in [6, 6.07) is 14.8. The normalized spacial score (nSPS) is 10.4. The van der Waals surface area contributed by atoms with Crippen LogP contribution in [0.5, 0.6) is 0 Å². The first kappa shape index (κ1) is 19.2. The van der Waals surface area contributed by atoms with Crippen LogP contribution in [0.15, 0.2) is 60.7 Å². The number of anilines is 2. The predicted octanol–water partition coefficient (Wildman–Crippen LogP) is 5.09. The van der Waals surface area contributed by atoms with Crippen molar-refractivity contribution in [2.45, 2.75) is 13.8 Å². The second-order valence-corrected chi connectivity index (χ2v) is 6.46. The number of nitrogens with one attached hydrogen (secondary N) is 2. The maximum absolute atomic E-state index is 13.7. The molecule has 0 atom stereocenters. The fourth-order valence-corrected chi connectivity index (χ4v) is 2.83. The van der Waals surface area contributed by atoms with Crippen molar-refractivity contribution in [1.82, 2.24) is 0 Å². The first-order valence-electron chi connectivity index (χ1n) is 8.58. The zero-order valence-electron chi connectivity index (χ0n) is 15.3. The van der Waals surface area contributed by atoms with Gasteiger partial charge >= 0.3 is 0 Å². The van der Waals surface area contributed by atoms with E-state index in [4.69, 9.17) is 0 Å². The van der Waals surface area contributed by atoms with E-state index in [9.17, 15) is 18.4 Å². The van der Waals surface area contributed by atoms with Crippen LogP contribution in [0, 0.1) is 25.5 Å². The minimum absolute atomic E-state index is 0.172. The van der Waals surface area contributed by atoms with E-state index >= 15 is 0 Å². The largest absolute Gasteiger partial charge is 0.322 e. The average Bonchev–Trinajstić information content (AvgIpc) is 2.64. The molecule has 4 nitrogen and oxygen atoms in total. The van der Waals surface area contributed by atoms with Crippen molar-refractivity contribution in [3.8, 4) is 0 Å². The summed E-state index contributed by atoms with van der Waals surface area (Å²) in [6.07, 6.45) is 0. The van der Waals surface area contributed by atoms with Crippen LogP contribution < -0.4 is 10.6 Å². The van der Waals surface area contributed by atoms with Gasteiger partial charge < -0.3 is 10.6 Å².